The van der Waals surface area contributed by atoms with Gasteiger partial charge in [0.15, 0.2) is 11.6 Å². The van der Waals surface area contributed by atoms with Gasteiger partial charge in [0.1, 0.15) is 6.04 Å². The number of hydrogen-bond acceptors (Lipinski definition) is 4. The Labute approximate surface area is 174 Å². The van der Waals surface area contributed by atoms with Gasteiger partial charge >= 0.3 is 5.97 Å². The molecule has 30 heavy (non-hydrogen) atoms. The molecule has 2 aromatic carbocycles. The van der Waals surface area contributed by atoms with Gasteiger partial charge < -0.3 is 10.4 Å². The van der Waals surface area contributed by atoms with E-state index >= 15 is 0 Å². The Bertz CT molecular complexity index is 1020. The van der Waals surface area contributed by atoms with E-state index in [1.807, 2.05) is 18.2 Å². The SMILES string of the molecule is CC1=C(CCCC(=O)NC(Cc2ccccc2)C(=O)O)C(=O)c2ccccc2C1=O. The van der Waals surface area contributed by atoms with Crippen LogP contribution in [0.5, 0.6) is 0 Å². The molecule has 1 aliphatic rings. The van der Waals surface area contributed by atoms with Crippen LogP contribution >= 0.6 is 0 Å². The minimum absolute atomic E-state index is 0.0679. The van der Waals surface area contributed by atoms with E-state index in [4.69, 9.17) is 0 Å². The number of amides is 1. The van der Waals surface area contributed by atoms with E-state index in [0.29, 0.717) is 28.7 Å². The highest BCUT2D eigenvalue weighted by molar-refractivity contribution is 6.26. The van der Waals surface area contributed by atoms with Crippen LogP contribution in [0, 0.1) is 0 Å². The molecule has 6 nitrogen and oxygen atoms in total. The predicted molar refractivity (Wildman–Crippen MR) is 111 cm³/mol. The van der Waals surface area contributed by atoms with Crippen molar-refractivity contribution < 1.29 is 24.3 Å². The molecule has 1 atom stereocenters. The third-order valence-corrected chi connectivity index (χ3v) is 5.23. The van der Waals surface area contributed by atoms with E-state index in [-0.39, 0.29) is 30.8 Å². The lowest BCUT2D eigenvalue weighted by Crippen LogP contribution is -2.42. The van der Waals surface area contributed by atoms with Crippen LogP contribution in [0.2, 0.25) is 0 Å². The second-order valence-corrected chi connectivity index (χ2v) is 7.31. The highest BCUT2D eigenvalue weighted by Crippen LogP contribution is 2.28. The molecule has 154 valence electrons. The standard InChI is InChI=1S/C24H23NO5/c1-15-17(23(28)19-11-6-5-10-18(19)22(15)27)12-7-13-21(26)25-20(24(29)30)14-16-8-3-2-4-9-16/h2-6,8-11,20H,7,12-14H2,1H3,(H,25,26)(H,29,30). The Hall–Kier alpha value is -3.54. The van der Waals surface area contributed by atoms with Gasteiger partial charge in [-0.15, -0.1) is 0 Å². The number of carboxylic acids is 1. The molecule has 1 aliphatic carbocycles. The van der Waals surface area contributed by atoms with Crippen molar-refractivity contribution in [1.29, 1.82) is 0 Å². The summed E-state index contributed by atoms with van der Waals surface area (Å²) >= 11 is 0. The number of carboxylic acid groups (broad SMARTS) is 1. The second kappa shape index (κ2) is 9.31. The summed E-state index contributed by atoms with van der Waals surface area (Å²) in [6, 6.07) is 14.8. The zero-order chi connectivity index (χ0) is 21.7. The van der Waals surface area contributed by atoms with Crippen molar-refractivity contribution in [2.75, 3.05) is 0 Å². The maximum atomic E-state index is 12.7. The van der Waals surface area contributed by atoms with Gasteiger partial charge in [0.05, 0.1) is 0 Å². The first-order valence-corrected chi connectivity index (χ1v) is 9.82. The summed E-state index contributed by atoms with van der Waals surface area (Å²) in [6.45, 7) is 1.63. The van der Waals surface area contributed by atoms with Gasteiger partial charge in [-0.3, -0.25) is 14.4 Å². The van der Waals surface area contributed by atoms with E-state index in [1.54, 1.807) is 43.3 Å². The van der Waals surface area contributed by atoms with Crippen molar-refractivity contribution in [3.8, 4) is 0 Å². The second-order valence-electron chi connectivity index (χ2n) is 7.31. The number of benzene rings is 2. The van der Waals surface area contributed by atoms with Gasteiger partial charge in [0, 0.05) is 35.1 Å². The molecule has 3 rings (SSSR count). The lowest BCUT2D eigenvalue weighted by Gasteiger charge is -2.19. The fourth-order valence-electron chi connectivity index (χ4n) is 3.59. The number of nitrogens with one attached hydrogen (secondary N) is 1. The molecule has 6 heteroatoms. The number of allylic oxidation sites excluding steroid dienone is 2. The van der Waals surface area contributed by atoms with Crippen LogP contribution in [-0.2, 0) is 16.0 Å². The molecule has 0 heterocycles. The number of carbonyl (C=O) groups excluding carboxylic acids is 3. The van der Waals surface area contributed by atoms with Crippen LogP contribution in [0.1, 0.15) is 52.5 Å². The van der Waals surface area contributed by atoms with Gasteiger partial charge in [-0.25, -0.2) is 4.79 Å². The van der Waals surface area contributed by atoms with Crippen molar-refractivity contribution in [2.45, 2.75) is 38.6 Å². The highest BCUT2D eigenvalue weighted by atomic mass is 16.4. The Balaban J connectivity index is 1.58. The smallest absolute Gasteiger partial charge is 0.326 e. The number of carbonyl (C=O) groups is 4. The van der Waals surface area contributed by atoms with Crippen LogP contribution < -0.4 is 5.32 Å². The molecule has 0 spiro atoms. The van der Waals surface area contributed by atoms with E-state index in [2.05, 4.69) is 5.32 Å². The molecule has 0 aliphatic heterocycles. The lowest BCUT2D eigenvalue weighted by atomic mass is 9.83. The summed E-state index contributed by atoms with van der Waals surface area (Å²) < 4.78 is 0. The van der Waals surface area contributed by atoms with Gasteiger partial charge in [-0.1, -0.05) is 54.6 Å². The summed E-state index contributed by atoms with van der Waals surface area (Å²) in [5, 5.41) is 11.9. The molecule has 1 amide bonds. The number of hydrogen-bond donors (Lipinski definition) is 2. The molecule has 0 radical (unpaired) electrons. The maximum absolute atomic E-state index is 12.7. The summed E-state index contributed by atoms with van der Waals surface area (Å²) in [5.41, 5.74) is 2.45. The zero-order valence-corrected chi connectivity index (χ0v) is 16.7. The van der Waals surface area contributed by atoms with Crippen LogP contribution in [0.3, 0.4) is 0 Å². The average Bonchev–Trinajstić information content (AvgIpc) is 2.74. The molecule has 1 unspecified atom stereocenters. The maximum Gasteiger partial charge on any atom is 0.326 e. The highest BCUT2D eigenvalue weighted by Gasteiger charge is 2.29. The number of Topliss-reactive ketones (excluding diaryl/α,β-unsaturated/α-hetero) is 2. The normalized spacial score (nSPS) is 14.3. The Morgan fingerprint density at radius 1 is 0.933 bits per heavy atom. The third-order valence-electron chi connectivity index (χ3n) is 5.23. The first-order valence-electron chi connectivity index (χ1n) is 9.82. The number of rotatable bonds is 8. The van der Waals surface area contributed by atoms with Gasteiger partial charge in [-0.05, 0) is 25.3 Å². The Morgan fingerprint density at radius 3 is 2.17 bits per heavy atom. The van der Waals surface area contributed by atoms with E-state index in [0.717, 1.165) is 5.56 Å². The molecule has 0 aromatic heterocycles. The van der Waals surface area contributed by atoms with Crippen LogP contribution in [0.15, 0.2) is 65.7 Å². The molecular weight excluding hydrogens is 382 g/mol. The topological polar surface area (TPSA) is 101 Å². The quantitative estimate of drug-likeness (QED) is 0.701. The van der Waals surface area contributed by atoms with Gasteiger partial charge in [0.25, 0.3) is 0 Å². The number of fused-ring (bicyclic) bond motifs is 1. The minimum atomic E-state index is -1.10. The monoisotopic (exact) mass is 405 g/mol. The molecule has 0 bridgehead atoms. The molecule has 2 aromatic rings. The fourth-order valence-corrected chi connectivity index (χ4v) is 3.59. The summed E-state index contributed by atoms with van der Waals surface area (Å²) in [4.78, 5) is 49.0. The lowest BCUT2D eigenvalue weighted by molar-refractivity contribution is -0.141. The summed E-state index contributed by atoms with van der Waals surface area (Å²) in [6.07, 6.45) is 0.889. The molecule has 0 saturated heterocycles. The van der Waals surface area contributed by atoms with Crippen molar-refractivity contribution in [2.24, 2.45) is 0 Å². The largest absolute Gasteiger partial charge is 0.480 e. The van der Waals surface area contributed by atoms with Crippen molar-refractivity contribution in [3.05, 3.63) is 82.4 Å². The summed E-state index contributed by atoms with van der Waals surface area (Å²) in [7, 11) is 0. The van der Waals surface area contributed by atoms with E-state index in [9.17, 15) is 24.3 Å². The van der Waals surface area contributed by atoms with Crippen molar-refractivity contribution >= 4 is 23.4 Å². The Morgan fingerprint density at radius 2 is 1.53 bits per heavy atom. The molecular formula is C24H23NO5. The van der Waals surface area contributed by atoms with E-state index < -0.39 is 17.9 Å². The third kappa shape index (κ3) is 4.71. The molecule has 0 saturated carbocycles. The number of aliphatic carboxylic acids is 1. The van der Waals surface area contributed by atoms with Crippen molar-refractivity contribution in [3.63, 3.8) is 0 Å². The first-order chi connectivity index (χ1) is 14.4. The van der Waals surface area contributed by atoms with Gasteiger partial charge in [0.2, 0.25) is 5.91 Å². The predicted octanol–water partition coefficient (Wildman–Crippen LogP) is 3.36. The molecule has 0 fully saturated rings. The minimum Gasteiger partial charge on any atom is -0.480 e. The first kappa shape index (κ1) is 21.2. The van der Waals surface area contributed by atoms with Crippen LogP contribution in [0.25, 0.3) is 0 Å². The molecule has 2 N–H and O–H groups in total. The zero-order valence-electron chi connectivity index (χ0n) is 16.7. The average molecular weight is 405 g/mol. The van der Waals surface area contributed by atoms with Crippen LogP contribution in [-0.4, -0.2) is 34.6 Å². The number of ketones is 2. The van der Waals surface area contributed by atoms with Crippen LogP contribution in [0.4, 0.5) is 0 Å². The van der Waals surface area contributed by atoms with E-state index in [1.165, 1.54) is 0 Å². The van der Waals surface area contributed by atoms with Gasteiger partial charge in [-0.2, -0.15) is 0 Å². The Kier molecular flexibility index (Phi) is 6.57. The summed E-state index contributed by atoms with van der Waals surface area (Å²) in [5.74, 6) is -1.85. The fraction of sp³-hybridized carbons (Fsp3) is 0.250. The van der Waals surface area contributed by atoms with Crippen molar-refractivity contribution in [1.82, 2.24) is 5.32 Å².